The highest BCUT2D eigenvalue weighted by Crippen LogP contribution is 2.23. The van der Waals surface area contributed by atoms with Crippen molar-refractivity contribution in [3.63, 3.8) is 0 Å². The van der Waals surface area contributed by atoms with Gasteiger partial charge in [-0.3, -0.25) is 0 Å². The molecule has 0 fully saturated rings. The minimum absolute atomic E-state index is 0.00887. The maximum absolute atomic E-state index is 11.1. The standard InChI is InChI=1S/C10H14N2O4S2/c1-18-10-11-4-5(7(12-10)9(15)16)8(14)6(13)2-3-17/h4,6,8,13-14,17H,2-3H2,1H3,(H,15,16). The van der Waals surface area contributed by atoms with Gasteiger partial charge in [-0.2, -0.15) is 12.6 Å². The summed E-state index contributed by atoms with van der Waals surface area (Å²) in [5.74, 6) is -0.885. The largest absolute Gasteiger partial charge is 0.476 e. The molecule has 1 aromatic heterocycles. The normalized spacial score (nSPS) is 14.2. The van der Waals surface area contributed by atoms with Crippen LogP contribution in [0.25, 0.3) is 0 Å². The summed E-state index contributed by atoms with van der Waals surface area (Å²) >= 11 is 5.14. The predicted octanol–water partition coefficient (Wildman–Crippen LogP) is 0.611. The van der Waals surface area contributed by atoms with Crippen molar-refractivity contribution in [2.45, 2.75) is 23.8 Å². The number of thioether (sulfide) groups is 1. The number of aliphatic hydroxyl groups is 2. The second kappa shape index (κ2) is 6.93. The molecular formula is C10H14N2O4S2. The van der Waals surface area contributed by atoms with Gasteiger partial charge in [0.05, 0.1) is 6.10 Å². The van der Waals surface area contributed by atoms with Gasteiger partial charge in [-0.1, -0.05) is 11.8 Å². The summed E-state index contributed by atoms with van der Waals surface area (Å²) in [5.41, 5.74) is -0.283. The summed E-state index contributed by atoms with van der Waals surface area (Å²) in [6.45, 7) is 0. The molecule has 8 heteroatoms. The highest BCUT2D eigenvalue weighted by molar-refractivity contribution is 7.98. The summed E-state index contributed by atoms with van der Waals surface area (Å²) in [7, 11) is 0. The number of carboxylic acids is 1. The van der Waals surface area contributed by atoms with Crippen LogP contribution >= 0.6 is 24.4 Å². The molecule has 2 unspecified atom stereocenters. The van der Waals surface area contributed by atoms with Gasteiger partial charge in [0.15, 0.2) is 10.9 Å². The number of hydrogen-bond acceptors (Lipinski definition) is 7. The molecule has 18 heavy (non-hydrogen) atoms. The fourth-order valence-corrected chi connectivity index (χ4v) is 1.96. The van der Waals surface area contributed by atoms with Crippen LogP contribution in [0.3, 0.4) is 0 Å². The summed E-state index contributed by atoms with van der Waals surface area (Å²) < 4.78 is 0. The van der Waals surface area contributed by atoms with Crippen LogP contribution in [0.2, 0.25) is 0 Å². The number of aromatic carboxylic acids is 1. The third-order valence-corrected chi connectivity index (χ3v) is 3.11. The smallest absolute Gasteiger partial charge is 0.355 e. The second-order valence-corrected chi connectivity index (χ2v) is 4.71. The molecule has 0 aliphatic carbocycles. The van der Waals surface area contributed by atoms with Crippen molar-refractivity contribution in [1.29, 1.82) is 0 Å². The van der Waals surface area contributed by atoms with E-state index < -0.39 is 18.2 Å². The molecule has 6 nitrogen and oxygen atoms in total. The second-order valence-electron chi connectivity index (χ2n) is 3.49. The predicted molar refractivity (Wildman–Crippen MR) is 70.2 cm³/mol. The van der Waals surface area contributed by atoms with E-state index in [1.54, 1.807) is 6.26 Å². The van der Waals surface area contributed by atoms with Gasteiger partial charge in [0.1, 0.15) is 6.10 Å². The van der Waals surface area contributed by atoms with Gasteiger partial charge in [0.2, 0.25) is 0 Å². The van der Waals surface area contributed by atoms with E-state index in [1.165, 1.54) is 18.0 Å². The number of aliphatic hydroxyl groups excluding tert-OH is 2. The molecule has 3 N–H and O–H groups in total. The molecule has 0 radical (unpaired) electrons. The lowest BCUT2D eigenvalue weighted by Gasteiger charge is -2.18. The maximum atomic E-state index is 11.1. The van der Waals surface area contributed by atoms with Crippen LogP contribution in [0.4, 0.5) is 0 Å². The Bertz CT molecular complexity index is 430. The Balaban J connectivity index is 3.10. The van der Waals surface area contributed by atoms with Crippen LogP contribution in [0.5, 0.6) is 0 Å². The molecule has 0 spiro atoms. The van der Waals surface area contributed by atoms with E-state index in [1.807, 2.05) is 0 Å². The van der Waals surface area contributed by atoms with E-state index in [9.17, 15) is 15.0 Å². The molecule has 0 aromatic carbocycles. The Hall–Kier alpha value is -0.830. The van der Waals surface area contributed by atoms with Gasteiger partial charge in [0.25, 0.3) is 0 Å². The molecule has 0 saturated heterocycles. The zero-order valence-corrected chi connectivity index (χ0v) is 11.4. The molecule has 2 atom stereocenters. The summed E-state index contributed by atoms with van der Waals surface area (Å²) in [5, 5.41) is 28.9. The highest BCUT2D eigenvalue weighted by Gasteiger charge is 2.25. The average molecular weight is 290 g/mol. The van der Waals surface area contributed by atoms with Crippen molar-refractivity contribution in [2.75, 3.05) is 12.0 Å². The summed E-state index contributed by atoms with van der Waals surface area (Å²) in [6.07, 6.45) is 0.762. The van der Waals surface area contributed by atoms with E-state index in [-0.39, 0.29) is 17.7 Å². The van der Waals surface area contributed by atoms with E-state index in [0.29, 0.717) is 10.9 Å². The molecule has 0 bridgehead atoms. The fraction of sp³-hybridized carbons (Fsp3) is 0.500. The van der Waals surface area contributed by atoms with Crippen LogP contribution < -0.4 is 0 Å². The summed E-state index contributed by atoms with van der Waals surface area (Å²) in [4.78, 5) is 18.8. The van der Waals surface area contributed by atoms with Crippen molar-refractivity contribution < 1.29 is 20.1 Å². The molecular weight excluding hydrogens is 276 g/mol. The lowest BCUT2D eigenvalue weighted by Crippen LogP contribution is -2.22. The van der Waals surface area contributed by atoms with Gasteiger partial charge in [0, 0.05) is 11.8 Å². The average Bonchev–Trinajstić information content (AvgIpc) is 2.37. The molecule has 1 rings (SSSR count). The Morgan fingerprint density at radius 1 is 1.56 bits per heavy atom. The molecule has 100 valence electrons. The first-order chi connectivity index (χ1) is 8.51. The number of nitrogens with zero attached hydrogens (tertiary/aromatic N) is 2. The maximum Gasteiger partial charge on any atom is 0.355 e. The lowest BCUT2D eigenvalue weighted by molar-refractivity contribution is 0.0156. The fourth-order valence-electron chi connectivity index (χ4n) is 1.36. The first-order valence-corrected chi connectivity index (χ1v) is 6.98. The van der Waals surface area contributed by atoms with Crippen molar-refractivity contribution >= 4 is 30.4 Å². The Morgan fingerprint density at radius 3 is 2.72 bits per heavy atom. The lowest BCUT2D eigenvalue weighted by atomic mass is 10.0. The first-order valence-electron chi connectivity index (χ1n) is 5.12. The Morgan fingerprint density at radius 2 is 2.22 bits per heavy atom. The molecule has 0 amide bonds. The van der Waals surface area contributed by atoms with Gasteiger partial charge in [-0.05, 0) is 18.4 Å². The monoisotopic (exact) mass is 290 g/mol. The van der Waals surface area contributed by atoms with Crippen LogP contribution in [-0.2, 0) is 0 Å². The molecule has 1 heterocycles. The van der Waals surface area contributed by atoms with E-state index in [4.69, 9.17) is 5.11 Å². The van der Waals surface area contributed by atoms with Crippen molar-refractivity contribution in [3.05, 3.63) is 17.5 Å². The zero-order chi connectivity index (χ0) is 13.7. The molecule has 0 aliphatic rings. The zero-order valence-electron chi connectivity index (χ0n) is 9.65. The molecule has 1 aromatic rings. The Labute approximate surface area is 114 Å². The van der Waals surface area contributed by atoms with Gasteiger partial charge >= 0.3 is 5.97 Å². The van der Waals surface area contributed by atoms with Crippen molar-refractivity contribution in [1.82, 2.24) is 9.97 Å². The van der Waals surface area contributed by atoms with Crippen LogP contribution in [0.1, 0.15) is 28.6 Å². The van der Waals surface area contributed by atoms with Crippen molar-refractivity contribution in [3.8, 4) is 0 Å². The molecule has 0 saturated carbocycles. The van der Waals surface area contributed by atoms with Gasteiger partial charge in [-0.25, -0.2) is 14.8 Å². The van der Waals surface area contributed by atoms with Crippen LogP contribution in [0.15, 0.2) is 11.4 Å². The first kappa shape index (κ1) is 15.2. The van der Waals surface area contributed by atoms with Crippen LogP contribution in [0, 0.1) is 0 Å². The highest BCUT2D eigenvalue weighted by atomic mass is 32.2. The number of thiol groups is 1. The number of carbonyl (C=O) groups is 1. The minimum atomic E-state index is -1.33. The molecule has 0 aliphatic heterocycles. The van der Waals surface area contributed by atoms with E-state index in [0.717, 1.165) is 0 Å². The summed E-state index contributed by atoms with van der Waals surface area (Å²) in [6, 6.07) is 0. The van der Waals surface area contributed by atoms with Gasteiger partial charge in [-0.15, -0.1) is 0 Å². The third kappa shape index (κ3) is 3.58. The van der Waals surface area contributed by atoms with E-state index >= 15 is 0 Å². The number of hydrogen-bond donors (Lipinski definition) is 4. The van der Waals surface area contributed by atoms with Crippen LogP contribution in [-0.4, -0.2) is 49.4 Å². The quantitative estimate of drug-likeness (QED) is 0.346. The van der Waals surface area contributed by atoms with Crippen molar-refractivity contribution in [2.24, 2.45) is 0 Å². The van der Waals surface area contributed by atoms with Gasteiger partial charge < -0.3 is 15.3 Å². The number of rotatable bonds is 6. The third-order valence-electron chi connectivity index (χ3n) is 2.29. The number of carboxylic acid groups (broad SMARTS) is 1. The topological polar surface area (TPSA) is 104 Å². The number of aromatic nitrogens is 2. The van der Waals surface area contributed by atoms with E-state index in [2.05, 4.69) is 22.6 Å². The Kier molecular flexibility index (Phi) is 5.86. The SMILES string of the molecule is CSc1ncc(C(O)C(O)CCS)c(C(=O)O)n1. The minimum Gasteiger partial charge on any atom is -0.476 e.